The van der Waals surface area contributed by atoms with Crippen LogP contribution in [0.2, 0.25) is 0 Å². The monoisotopic (exact) mass is 449 g/mol. The molecule has 0 radical (unpaired) electrons. The van der Waals surface area contributed by atoms with E-state index in [1.165, 1.54) is 7.11 Å². The molecular weight excluding hydrogens is 426 g/mol. The molecule has 0 aliphatic carbocycles. The lowest BCUT2D eigenvalue weighted by atomic mass is 10.1. The Balaban J connectivity index is 1.67. The number of nitrogens with one attached hydrogen (secondary N) is 1. The summed E-state index contributed by atoms with van der Waals surface area (Å²) in [7, 11) is 4.60. The van der Waals surface area contributed by atoms with Crippen LogP contribution in [0.15, 0.2) is 47.8 Å². The van der Waals surface area contributed by atoms with Crippen molar-refractivity contribution in [2.45, 2.75) is 13.5 Å². The van der Waals surface area contributed by atoms with E-state index in [1.807, 2.05) is 30.3 Å². The zero-order valence-corrected chi connectivity index (χ0v) is 19.1. The highest BCUT2D eigenvalue weighted by atomic mass is 32.1. The lowest BCUT2D eigenvalue weighted by Gasteiger charge is -2.12. The summed E-state index contributed by atoms with van der Waals surface area (Å²) in [6, 6.07) is 12.9. The molecule has 0 saturated carbocycles. The van der Waals surface area contributed by atoms with Crippen molar-refractivity contribution in [2.75, 3.05) is 26.6 Å². The topological polar surface area (TPSA) is 82.6 Å². The number of nitrogens with zero attached hydrogens (tertiary/aromatic N) is 2. The van der Waals surface area contributed by atoms with E-state index >= 15 is 0 Å². The number of ether oxygens (including phenoxy) is 3. The highest BCUT2D eigenvalue weighted by Crippen LogP contribution is 2.33. The molecule has 4 rings (SSSR count). The highest BCUT2D eigenvalue weighted by molar-refractivity contribution is 7.17. The molecule has 2 heterocycles. The fourth-order valence-electron chi connectivity index (χ4n) is 3.39. The van der Waals surface area contributed by atoms with E-state index in [4.69, 9.17) is 24.2 Å². The van der Waals surface area contributed by atoms with Gasteiger partial charge in [-0.3, -0.25) is 0 Å². The van der Waals surface area contributed by atoms with Gasteiger partial charge in [0, 0.05) is 12.1 Å². The predicted molar refractivity (Wildman–Crippen MR) is 126 cm³/mol. The van der Waals surface area contributed by atoms with Gasteiger partial charge >= 0.3 is 5.97 Å². The number of aryl methyl sites for hydroxylation is 1. The molecule has 0 bridgehead atoms. The van der Waals surface area contributed by atoms with E-state index in [1.54, 1.807) is 37.7 Å². The number of hydrogen-bond donors (Lipinski definition) is 1. The Morgan fingerprint density at radius 1 is 1.00 bits per heavy atom. The number of rotatable bonds is 7. The summed E-state index contributed by atoms with van der Waals surface area (Å²) in [5.41, 5.74) is 3.45. The van der Waals surface area contributed by atoms with Gasteiger partial charge in [0.05, 0.1) is 32.3 Å². The van der Waals surface area contributed by atoms with Crippen LogP contribution < -0.4 is 14.8 Å². The molecule has 0 aliphatic heterocycles. The van der Waals surface area contributed by atoms with Crippen LogP contribution in [0.1, 0.15) is 21.5 Å². The number of carbonyl (C=O) groups excluding carboxylic acids is 1. The number of methoxy groups -OCH3 is 3. The Bertz CT molecular complexity index is 1270. The molecule has 0 amide bonds. The number of benzene rings is 2. The molecule has 0 unspecified atom stereocenters. The minimum Gasteiger partial charge on any atom is -0.493 e. The second kappa shape index (κ2) is 9.23. The number of thiophene rings is 1. The van der Waals surface area contributed by atoms with E-state index in [0.717, 1.165) is 32.7 Å². The molecule has 0 atom stereocenters. The highest BCUT2D eigenvalue weighted by Gasteiger charge is 2.14. The molecule has 0 aliphatic rings. The van der Waals surface area contributed by atoms with Gasteiger partial charge in [-0.05, 0) is 47.7 Å². The molecule has 32 heavy (non-hydrogen) atoms. The maximum Gasteiger partial charge on any atom is 0.337 e. The standard InChI is InChI=1S/C24H23N3O4S/c1-14-13-32-23-20(14)22(25-12-15-5-10-18(29-2)19(11-15)30-3)26-21(27-23)16-6-8-17(9-7-16)24(28)31-4/h5-11,13H,12H2,1-4H3,(H,25,26,27). The maximum atomic E-state index is 11.7. The van der Waals surface area contributed by atoms with Gasteiger partial charge < -0.3 is 19.5 Å². The third-order valence-corrected chi connectivity index (χ3v) is 6.08. The fraction of sp³-hybridized carbons (Fsp3) is 0.208. The van der Waals surface area contributed by atoms with Gasteiger partial charge in [0.2, 0.25) is 0 Å². The van der Waals surface area contributed by atoms with Crippen LogP contribution in [0.4, 0.5) is 5.82 Å². The Morgan fingerprint density at radius 2 is 1.75 bits per heavy atom. The third-order valence-electron chi connectivity index (χ3n) is 5.09. The largest absolute Gasteiger partial charge is 0.493 e. The van der Waals surface area contributed by atoms with Crippen molar-refractivity contribution >= 4 is 33.3 Å². The fourth-order valence-corrected chi connectivity index (χ4v) is 4.31. The van der Waals surface area contributed by atoms with Gasteiger partial charge in [0.1, 0.15) is 10.6 Å². The van der Waals surface area contributed by atoms with Crippen molar-refractivity contribution in [3.63, 3.8) is 0 Å². The lowest BCUT2D eigenvalue weighted by molar-refractivity contribution is 0.0600. The molecule has 0 spiro atoms. The predicted octanol–water partition coefficient (Wildman–Crippen LogP) is 5.08. The minimum atomic E-state index is -0.376. The van der Waals surface area contributed by atoms with Crippen LogP contribution in [0.25, 0.3) is 21.6 Å². The van der Waals surface area contributed by atoms with E-state index in [9.17, 15) is 4.79 Å². The molecule has 0 fully saturated rings. The van der Waals surface area contributed by atoms with Gasteiger partial charge in [-0.15, -0.1) is 11.3 Å². The number of carbonyl (C=O) groups is 1. The van der Waals surface area contributed by atoms with Gasteiger partial charge in [0.25, 0.3) is 0 Å². The van der Waals surface area contributed by atoms with Gasteiger partial charge in [-0.2, -0.15) is 0 Å². The van der Waals surface area contributed by atoms with Crippen LogP contribution in [-0.4, -0.2) is 37.3 Å². The van der Waals surface area contributed by atoms with E-state index in [0.29, 0.717) is 29.4 Å². The number of fused-ring (bicyclic) bond motifs is 1. The zero-order valence-electron chi connectivity index (χ0n) is 18.3. The van der Waals surface area contributed by atoms with Crippen molar-refractivity contribution in [1.29, 1.82) is 0 Å². The number of aromatic nitrogens is 2. The Hall–Kier alpha value is -3.65. The zero-order chi connectivity index (χ0) is 22.7. The van der Waals surface area contributed by atoms with Crippen molar-refractivity contribution in [3.05, 3.63) is 64.5 Å². The average molecular weight is 450 g/mol. The quantitative estimate of drug-likeness (QED) is 0.394. The average Bonchev–Trinajstić information content (AvgIpc) is 3.22. The molecule has 1 N–H and O–H groups in total. The molecule has 164 valence electrons. The Kier molecular flexibility index (Phi) is 6.23. The summed E-state index contributed by atoms with van der Waals surface area (Å²) in [6.07, 6.45) is 0. The first kappa shape index (κ1) is 21.6. The van der Waals surface area contributed by atoms with Crippen LogP contribution in [0, 0.1) is 6.92 Å². The van der Waals surface area contributed by atoms with Crippen molar-refractivity contribution in [1.82, 2.24) is 9.97 Å². The maximum absolute atomic E-state index is 11.7. The first-order valence-corrected chi connectivity index (χ1v) is 10.8. The molecule has 8 heteroatoms. The normalized spacial score (nSPS) is 10.8. The van der Waals surface area contributed by atoms with Gasteiger partial charge in [0.15, 0.2) is 17.3 Å². The molecule has 0 saturated heterocycles. The molecule has 2 aromatic carbocycles. The smallest absolute Gasteiger partial charge is 0.337 e. The minimum absolute atomic E-state index is 0.376. The SMILES string of the molecule is COC(=O)c1ccc(-c2nc(NCc3ccc(OC)c(OC)c3)c3c(C)csc3n2)cc1. The summed E-state index contributed by atoms with van der Waals surface area (Å²) in [5.74, 6) is 2.34. The first-order valence-electron chi connectivity index (χ1n) is 9.93. The van der Waals surface area contributed by atoms with E-state index in [-0.39, 0.29) is 5.97 Å². The van der Waals surface area contributed by atoms with Crippen molar-refractivity contribution in [2.24, 2.45) is 0 Å². The molecular formula is C24H23N3O4S. The Morgan fingerprint density at radius 3 is 2.44 bits per heavy atom. The Labute approximate surface area is 190 Å². The van der Waals surface area contributed by atoms with Crippen LogP contribution in [0.5, 0.6) is 11.5 Å². The molecule has 4 aromatic rings. The summed E-state index contributed by atoms with van der Waals surface area (Å²) < 4.78 is 15.5. The first-order chi connectivity index (χ1) is 15.5. The van der Waals surface area contributed by atoms with E-state index < -0.39 is 0 Å². The number of anilines is 1. The summed E-state index contributed by atoms with van der Waals surface area (Å²) in [6.45, 7) is 2.61. The number of esters is 1. The number of hydrogen-bond acceptors (Lipinski definition) is 8. The second-order valence-corrected chi connectivity index (χ2v) is 7.96. The second-order valence-electron chi connectivity index (χ2n) is 7.11. The summed E-state index contributed by atoms with van der Waals surface area (Å²) in [4.78, 5) is 22.2. The van der Waals surface area contributed by atoms with Crippen molar-refractivity contribution < 1.29 is 19.0 Å². The van der Waals surface area contributed by atoms with Crippen LogP contribution in [-0.2, 0) is 11.3 Å². The summed E-state index contributed by atoms with van der Waals surface area (Å²) >= 11 is 1.58. The van der Waals surface area contributed by atoms with E-state index in [2.05, 4.69) is 17.6 Å². The van der Waals surface area contributed by atoms with Crippen molar-refractivity contribution in [3.8, 4) is 22.9 Å². The van der Waals surface area contributed by atoms with Crippen LogP contribution in [0.3, 0.4) is 0 Å². The molecule has 7 nitrogen and oxygen atoms in total. The third kappa shape index (κ3) is 4.22. The molecule has 2 aromatic heterocycles. The van der Waals surface area contributed by atoms with Gasteiger partial charge in [-0.1, -0.05) is 18.2 Å². The lowest BCUT2D eigenvalue weighted by Crippen LogP contribution is -2.05. The van der Waals surface area contributed by atoms with Crippen LogP contribution >= 0.6 is 11.3 Å². The summed E-state index contributed by atoms with van der Waals surface area (Å²) in [5, 5.41) is 6.53. The van der Waals surface area contributed by atoms with Gasteiger partial charge in [-0.25, -0.2) is 14.8 Å².